The Morgan fingerprint density at radius 2 is 1.28 bits per heavy atom. The molecular weight excluding hydrogens is 607 g/mol. The number of hydrogen-bond donors (Lipinski definition) is 0. The van der Waals surface area contributed by atoms with E-state index in [2.05, 4.69) is 0 Å². The van der Waals surface area contributed by atoms with Crippen LogP contribution in [0, 0.1) is 13.8 Å². The number of rotatable bonds is 24. The fraction of sp³-hybridized carbons (Fsp3) is 0.759. The largest absolute Gasteiger partial charge is 0.476 e. The van der Waals surface area contributed by atoms with Crippen LogP contribution < -0.4 is 9.26 Å². The van der Waals surface area contributed by atoms with Crippen LogP contribution in [0.4, 0.5) is 0 Å². The summed E-state index contributed by atoms with van der Waals surface area (Å²) in [7, 11) is 1.64. The van der Waals surface area contributed by atoms with Crippen LogP contribution in [0.15, 0.2) is 6.07 Å². The number of ether oxygens (including phenoxy) is 9. The fourth-order valence-electron chi connectivity index (χ4n) is 4.16. The smallest absolute Gasteiger partial charge is 0.350 e. The molecule has 0 spiro atoms. The summed E-state index contributed by atoms with van der Waals surface area (Å²) >= 11 is 5.84. The molecule has 0 fully saturated rings. The number of carbonyl (C=O) groups is 1. The lowest BCUT2D eigenvalue weighted by Gasteiger charge is -2.35. The molecule has 0 aliphatic carbocycles. The highest BCUT2D eigenvalue weighted by atomic mass is 35.7. The molecule has 0 radical (unpaired) electrons. The lowest BCUT2D eigenvalue weighted by Crippen LogP contribution is -2.46. The summed E-state index contributed by atoms with van der Waals surface area (Å²) in [6, 6.07) is 1.78. The fourth-order valence-corrected chi connectivity index (χ4v) is 4.98. The van der Waals surface area contributed by atoms with Crippen LogP contribution in [-0.2, 0) is 53.7 Å². The maximum Gasteiger partial charge on any atom is 0.350 e. The van der Waals surface area contributed by atoms with Crippen LogP contribution in [-0.4, -0.2) is 118 Å². The van der Waals surface area contributed by atoms with Gasteiger partial charge in [-0.15, -0.1) is 0 Å². The van der Waals surface area contributed by atoms with Gasteiger partial charge in [-0.2, -0.15) is 0 Å². The molecule has 1 aromatic carbocycles. The van der Waals surface area contributed by atoms with Gasteiger partial charge in [0, 0.05) is 25.8 Å². The summed E-state index contributed by atoms with van der Waals surface area (Å²) in [5, 5.41) is 0. The SMILES string of the molecule is COCCOCCOCCOCCOCCOCCOCCOC(=O)C1(C)CCc2c(cc(C)c(OP(C)(=O)Cl)c2C)O1. The molecule has 1 aliphatic rings. The van der Waals surface area contributed by atoms with E-state index in [1.54, 1.807) is 20.1 Å². The van der Waals surface area contributed by atoms with Gasteiger partial charge in [-0.25, -0.2) is 4.79 Å². The van der Waals surface area contributed by atoms with E-state index in [4.69, 9.17) is 58.4 Å². The van der Waals surface area contributed by atoms with Gasteiger partial charge in [-0.3, -0.25) is 4.57 Å². The molecule has 0 N–H and O–H groups in total. The van der Waals surface area contributed by atoms with Crippen LogP contribution in [0.1, 0.15) is 30.0 Å². The summed E-state index contributed by atoms with van der Waals surface area (Å²) in [5.41, 5.74) is 1.30. The molecule has 1 aromatic rings. The predicted molar refractivity (Wildman–Crippen MR) is 161 cm³/mol. The number of fused-ring (bicyclic) bond motifs is 1. The molecule has 1 aliphatic heterocycles. The third-order valence-electron chi connectivity index (χ3n) is 6.42. The molecule has 2 atom stereocenters. The molecule has 0 aromatic heterocycles. The number of aryl methyl sites for hydroxylation is 1. The van der Waals surface area contributed by atoms with Crippen molar-refractivity contribution >= 4 is 23.9 Å². The van der Waals surface area contributed by atoms with Crippen LogP contribution in [0.3, 0.4) is 0 Å². The molecule has 0 amide bonds. The van der Waals surface area contributed by atoms with Crippen LogP contribution in [0.5, 0.6) is 11.5 Å². The normalized spacial score (nSPS) is 17.6. The highest BCUT2D eigenvalue weighted by Crippen LogP contribution is 2.51. The van der Waals surface area contributed by atoms with Gasteiger partial charge in [0.1, 0.15) is 18.1 Å². The van der Waals surface area contributed by atoms with E-state index in [-0.39, 0.29) is 13.2 Å². The first kappa shape index (κ1) is 37.7. The van der Waals surface area contributed by atoms with Crippen molar-refractivity contribution in [3.05, 3.63) is 22.8 Å². The molecule has 0 saturated carbocycles. The van der Waals surface area contributed by atoms with Gasteiger partial charge in [-0.05, 0) is 55.6 Å². The Labute approximate surface area is 260 Å². The van der Waals surface area contributed by atoms with Gasteiger partial charge in [0.15, 0.2) is 0 Å². The predicted octanol–water partition coefficient (Wildman–Crippen LogP) is 4.12. The van der Waals surface area contributed by atoms with Crippen molar-refractivity contribution in [2.75, 3.05) is 106 Å². The van der Waals surface area contributed by atoms with Gasteiger partial charge in [0.2, 0.25) is 5.60 Å². The van der Waals surface area contributed by atoms with Crippen molar-refractivity contribution in [1.82, 2.24) is 0 Å². The zero-order valence-corrected chi connectivity index (χ0v) is 27.8. The van der Waals surface area contributed by atoms with Crippen molar-refractivity contribution in [3.8, 4) is 11.5 Å². The molecule has 12 nitrogen and oxygen atoms in total. The molecule has 14 heteroatoms. The van der Waals surface area contributed by atoms with E-state index < -0.39 is 18.3 Å². The minimum atomic E-state index is -3.24. The van der Waals surface area contributed by atoms with E-state index in [0.29, 0.717) is 104 Å². The molecule has 1 heterocycles. The zero-order chi connectivity index (χ0) is 31.6. The van der Waals surface area contributed by atoms with E-state index in [0.717, 1.165) is 16.7 Å². The third kappa shape index (κ3) is 14.9. The average molecular weight is 655 g/mol. The van der Waals surface area contributed by atoms with Crippen molar-refractivity contribution < 1.29 is 56.5 Å². The van der Waals surface area contributed by atoms with Gasteiger partial charge in [0.25, 0.3) is 0 Å². The standard InChI is InChI=1S/C29H48ClO12P/c1-23-22-26-25(24(2)27(23)42-43(5,30)32)6-7-29(3,41-26)28(31)40-21-20-39-19-18-38-17-16-37-15-14-36-13-12-35-11-10-34-9-8-33-4/h22H,6-21H2,1-5H3. The Kier molecular flexibility index (Phi) is 18.0. The number of hydrogen-bond acceptors (Lipinski definition) is 12. The summed E-state index contributed by atoms with van der Waals surface area (Å²) in [5.74, 6) is 0.617. The second kappa shape index (κ2) is 20.5. The van der Waals surface area contributed by atoms with E-state index in [1.165, 1.54) is 6.66 Å². The minimum Gasteiger partial charge on any atom is -0.476 e. The Balaban J connectivity index is 1.47. The molecule has 0 saturated heterocycles. The second-order valence-corrected chi connectivity index (χ2v) is 13.6. The van der Waals surface area contributed by atoms with Crippen molar-refractivity contribution in [3.63, 3.8) is 0 Å². The Bertz CT molecular complexity index is 1000. The van der Waals surface area contributed by atoms with Gasteiger partial charge >= 0.3 is 12.7 Å². The Morgan fingerprint density at radius 3 is 1.72 bits per heavy atom. The number of halogens is 1. The molecule has 43 heavy (non-hydrogen) atoms. The molecule has 0 bridgehead atoms. The third-order valence-corrected chi connectivity index (χ3v) is 7.14. The van der Waals surface area contributed by atoms with Gasteiger partial charge in [-0.1, -0.05) is 0 Å². The van der Waals surface area contributed by atoms with Crippen LogP contribution in [0.2, 0.25) is 0 Å². The van der Waals surface area contributed by atoms with E-state index >= 15 is 0 Å². The summed E-state index contributed by atoms with van der Waals surface area (Å²) in [6.07, 6.45) is 1.00. The van der Waals surface area contributed by atoms with E-state index in [9.17, 15) is 9.36 Å². The maximum absolute atomic E-state index is 12.8. The van der Waals surface area contributed by atoms with Gasteiger partial charge in [0.05, 0.1) is 85.9 Å². The lowest BCUT2D eigenvalue weighted by atomic mass is 9.89. The topological polar surface area (TPSA) is 126 Å². The number of methoxy groups -OCH3 is 1. The summed E-state index contributed by atoms with van der Waals surface area (Å²) in [6.45, 7) is 9.72. The first-order valence-corrected chi connectivity index (χ1v) is 17.5. The van der Waals surface area contributed by atoms with E-state index in [1.807, 2.05) is 13.8 Å². The molecular formula is C29H48ClO12P. The first-order valence-electron chi connectivity index (χ1n) is 14.5. The van der Waals surface area contributed by atoms with Crippen molar-refractivity contribution in [2.24, 2.45) is 0 Å². The molecule has 248 valence electrons. The van der Waals surface area contributed by atoms with Crippen LogP contribution >= 0.6 is 18.0 Å². The number of esters is 1. The van der Waals surface area contributed by atoms with Crippen molar-refractivity contribution in [2.45, 2.75) is 39.2 Å². The molecule has 2 unspecified atom stereocenters. The number of carbonyl (C=O) groups excluding carboxylic acids is 1. The monoisotopic (exact) mass is 654 g/mol. The molecule has 2 rings (SSSR count). The summed E-state index contributed by atoms with van der Waals surface area (Å²) in [4.78, 5) is 12.8. The number of benzene rings is 1. The lowest BCUT2D eigenvalue weighted by molar-refractivity contribution is -0.163. The second-order valence-electron chi connectivity index (χ2n) is 10.1. The highest BCUT2D eigenvalue weighted by Gasteiger charge is 2.41. The van der Waals surface area contributed by atoms with Crippen molar-refractivity contribution in [1.29, 1.82) is 0 Å². The van der Waals surface area contributed by atoms with Crippen LogP contribution in [0.25, 0.3) is 0 Å². The first-order chi connectivity index (χ1) is 20.6. The maximum atomic E-state index is 12.8. The average Bonchev–Trinajstić information content (AvgIpc) is 2.95. The summed E-state index contributed by atoms with van der Waals surface area (Å²) < 4.78 is 66.5. The minimum absolute atomic E-state index is 0.104. The Morgan fingerprint density at radius 1 is 0.837 bits per heavy atom. The van der Waals surface area contributed by atoms with Gasteiger partial charge < -0.3 is 47.2 Å². The quantitative estimate of drug-likeness (QED) is 0.0904. The Hall–Kier alpha value is -1.47. The highest BCUT2D eigenvalue weighted by molar-refractivity contribution is 7.85. The zero-order valence-electron chi connectivity index (χ0n) is 26.1.